The van der Waals surface area contributed by atoms with Gasteiger partial charge in [0.1, 0.15) is 11.8 Å². The number of likely N-dealkylation sites (tertiary alicyclic amines) is 1. The summed E-state index contributed by atoms with van der Waals surface area (Å²) in [5.41, 5.74) is 1.16. The van der Waals surface area contributed by atoms with Crippen LogP contribution in [0.5, 0.6) is 5.75 Å². The second-order valence-corrected chi connectivity index (χ2v) is 5.48. The highest BCUT2D eigenvalue weighted by molar-refractivity contribution is 5.74. The summed E-state index contributed by atoms with van der Waals surface area (Å²) in [4.78, 5) is 13.6. The lowest BCUT2D eigenvalue weighted by Crippen LogP contribution is -2.41. The maximum Gasteiger partial charge on any atom is 0.321 e. The van der Waals surface area contributed by atoms with Crippen molar-refractivity contribution in [3.05, 3.63) is 29.8 Å². The minimum Gasteiger partial charge on any atom is -0.497 e. The molecule has 3 unspecified atom stereocenters. The molecule has 0 spiro atoms. The van der Waals surface area contributed by atoms with Crippen LogP contribution in [0.25, 0.3) is 0 Å². The molecule has 0 bridgehead atoms. The highest BCUT2D eigenvalue weighted by Crippen LogP contribution is 2.35. The SMILES string of the molecule is CCC(c1ccc(OC)cc1)N1CCC(C)C1C(=O)O. The minimum absolute atomic E-state index is 0.159. The van der Waals surface area contributed by atoms with E-state index in [1.165, 1.54) is 0 Å². The molecule has 2 rings (SSSR count). The molecule has 0 amide bonds. The van der Waals surface area contributed by atoms with Crippen molar-refractivity contribution in [2.45, 2.75) is 38.8 Å². The van der Waals surface area contributed by atoms with E-state index in [9.17, 15) is 9.90 Å². The van der Waals surface area contributed by atoms with Crippen molar-refractivity contribution in [1.29, 1.82) is 0 Å². The molecule has 4 nitrogen and oxygen atoms in total. The van der Waals surface area contributed by atoms with Gasteiger partial charge >= 0.3 is 5.97 Å². The van der Waals surface area contributed by atoms with Crippen LogP contribution in [0.15, 0.2) is 24.3 Å². The average Bonchev–Trinajstić information content (AvgIpc) is 2.82. The Morgan fingerprint density at radius 2 is 2.10 bits per heavy atom. The van der Waals surface area contributed by atoms with Gasteiger partial charge in [0, 0.05) is 6.04 Å². The van der Waals surface area contributed by atoms with Crippen LogP contribution in [-0.4, -0.2) is 35.7 Å². The lowest BCUT2D eigenvalue weighted by molar-refractivity contribution is -0.144. The molecule has 1 aromatic carbocycles. The third-order valence-corrected chi connectivity index (χ3v) is 4.28. The van der Waals surface area contributed by atoms with Crippen molar-refractivity contribution in [1.82, 2.24) is 4.90 Å². The molecule has 1 aromatic rings. The first kappa shape index (κ1) is 14.9. The van der Waals surface area contributed by atoms with Gasteiger partial charge in [0.2, 0.25) is 0 Å². The van der Waals surface area contributed by atoms with E-state index >= 15 is 0 Å². The molecule has 110 valence electrons. The van der Waals surface area contributed by atoms with Gasteiger partial charge in [-0.25, -0.2) is 0 Å². The highest BCUT2D eigenvalue weighted by Gasteiger charge is 2.40. The molecular weight excluding hydrogens is 254 g/mol. The number of nitrogens with zero attached hydrogens (tertiary/aromatic N) is 1. The molecule has 1 saturated heterocycles. The Bertz CT molecular complexity index is 457. The Hall–Kier alpha value is -1.55. The van der Waals surface area contributed by atoms with Gasteiger partial charge in [-0.2, -0.15) is 0 Å². The van der Waals surface area contributed by atoms with Crippen LogP contribution < -0.4 is 4.74 Å². The zero-order valence-electron chi connectivity index (χ0n) is 12.4. The van der Waals surface area contributed by atoms with Crippen LogP contribution in [0, 0.1) is 5.92 Å². The molecular formula is C16H23NO3. The first-order valence-electron chi connectivity index (χ1n) is 7.21. The normalized spacial score (nSPS) is 24.6. The quantitative estimate of drug-likeness (QED) is 0.899. The molecule has 1 aliphatic rings. The number of hydrogen-bond acceptors (Lipinski definition) is 3. The van der Waals surface area contributed by atoms with Crippen LogP contribution in [0.1, 0.15) is 38.3 Å². The van der Waals surface area contributed by atoms with E-state index in [0.717, 1.165) is 30.7 Å². The van der Waals surface area contributed by atoms with Crippen LogP contribution in [0.4, 0.5) is 0 Å². The minimum atomic E-state index is -0.707. The van der Waals surface area contributed by atoms with Gasteiger partial charge in [-0.15, -0.1) is 0 Å². The van der Waals surface area contributed by atoms with Crippen LogP contribution in [0.2, 0.25) is 0 Å². The Morgan fingerprint density at radius 3 is 2.60 bits per heavy atom. The zero-order valence-corrected chi connectivity index (χ0v) is 12.4. The maximum absolute atomic E-state index is 11.5. The predicted molar refractivity (Wildman–Crippen MR) is 77.9 cm³/mol. The predicted octanol–water partition coefficient (Wildman–Crippen LogP) is 2.94. The largest absolute Gasteiger partial charge is 0.497 e. The van der Waals surface area contributed by atoms with Crippen molar-refractivity contribution in [3.8, 4) is 5.75 Å². The number of methoxy groups -OCH3 is 1. The Kier molecular flexibility index (Phi) is 4.65. The number of carboxylic acids is 1. The van der Waals surface area contributed by atoms with Crippen molar-refractivity contribution in [2.24, 2.45) is 5.92 Å². The molecule has 0 aliphatic carbocycles. The number of benzene rings is 1. The summed E-state index contributed by atoms with van der Waals surface area (Å²) in [7, 11) is 1.65. The summed E-state index contributed by atoms with van der Waals surface area (Å²) in [5, 5.41) is 9.47. The molecule has 0 aromatic heterocycles. The second-order valence-electron chi connectivity index (χ2n) is 5.48. The van der Waals surface area contributed by atoms with Gasteiger partial charge in [0.25, 0.3) is 0 Å². The van der Waals surface area contributed by atoms with E-state index in [4.69, 9.17) is 4.74 Å². The van der Waals surface area contributed by atoms with Crippen molar-refractivity contribution in [3.63, 3.8) is 0 Å². The third-order valence-electron chi connectivity index (χ3n) is 4.28. The molecule has 1 aliphatic heterocycles. The molecule has 0 radical (unpaired) electrons. The summed E-state index contributed by atoms with van der Waals surface area (Å²) in [6.45, 7) is 4.99. The van der Waals surface area contributed by atoms with Gasteiger partial charge in [0.15, 0.2) is 0 Å². The molecule has 4 heteroatoms. The van der Waals surface area contributed by atoms with Gasteiger partial charge in [-0.1, -0.05) is 26.0 Å². The van der Waals surface area contributed by atoms with Gasteiger partial charge in [-0.05, 0) is 43.0 Å². The fourth-order valence-corrected chi connectivity index (χ4v) is 3.20. The molecule has 1 N–H and O–H groups in total. The van der Waals surface area contributed by atoms with Crippen molar-refractivity contribution in [2.75, 3.05) is 13.7 Å². The van der Waals surface area contributed by atoms with Crippen molar-refractivity contribution >= 4 is 5.97 Å². The summed E-state index contributed by atoms with van der Waals surface area (Å²) >= 11 is 0. The van der Waals surface area contributed by atoms with E-state index in [0.29, 0.717) is 0 Å². The van der Waals surface area contributed by atoms with E-state index in [2.05, 4.69) is 11.8 Å². The maximum atomic E-state index is 11.5. The summed E-state index contributed by atoms with van der Waals surface area (Å²) in [6.07, 6.45) is 1.85. The van der Waals surface area contributed by atoms with E-state index in [1.807, 2.05) is 31.2 Å². The van der Waals surface area contributed by atoms with Crippen molar-refractivity contribution < 1.29 is 14.6 Å². The zero-order chi connectivity index (χ0) is 14.7. The lowest BCUT2D eigenvalue weighted by atomic mass is 9.99. The first-order chi connectivity index (χ1) is 9.58. The molecule has 0 saturated carbocycles. The molecule has 1 heterocycles. The third kappa shape index (κ3) is 2.80. The van der Waals surface area contributed by atoms with E-state index in [1.54, 1.807) is 7.11 Å². The Labute approximate surface area is 120 Å². The summed E-state index contributed by atoms with van der Waals surface area (Å²) < 4.78 is 5.18. The van der Waals surface area contributed by atoms with Gasteiger partial charge < -0.3 is 9.84 Å². The number of carbonyl (C=O) groups is 1. The monoisotopic (exact) mass is 277 g/mol. The fraction of sp³-hybridized carbons (Fsp3) is 0.562. The van der Waals surface area contributed by atoms with Crippen LogP contribution in [0.3, 0.4) is 0 Å². The van der Waals surface area contributed by atoms with Gasteiger partial charge in [0.05, 0.1) is 7.11 Å². The number of hydrogen-bond donors (Lipinski definition) is 1. The van der Waals surface area contributed by atoms with E-state index in [-0.39, 0.29) is 18.0 Å². The second kappa shape index (κ2) is 6.27. The van der Waals surface area contributed by atoms with Crippen LogP contribution in [-0.2, 0) is 4.79 Å². The number of rotatable bonds is 5. The Balaban J connectivity index is 2.24. The first-order valence-corrected chi connectivity index (χ1v) is 7.21. The number of ether oxygens (including phenoxy) is 1. The number of aliphatic carboxylic acids is 1. The standard InChI is InChI=1S/C16H23NO3/c1-4-14(12-5-7-13(20-3)8-6-12)17-10-9-11(2)15(17)16(18)19/h5-8,11,14-15H,4,9-10H2,1-3H3,(H,18,19). The van der Waals surface area contributed by atoms with Gasteiger partial charge in [-0.3, -0.25) is 9.69 Å². The summed E-state index contributed by atoms with van der Waals surface area (Å²) in [6, 6.07) is 7.73. The highest BCUT2D eigenvalue weighted by atomic mass is 16.5. The molecule has 3 atom stereocenters. The fourth-order valence-electron chi connectivity index (χ4n) is 3.20. The topological polar surface area (TPSA) is 49.8 Å². The van der Waals surface area contributed by atoms with E-state index < -0.39 is 5.97 Å². The van der Waals surface area contributed by atoms with Crippen LogP contribution >= 0.6 is 0 Å². The summed E-state index contributed by atoms with van der Waals surface area (Å²) in [5.74, 6) is 0.329. The number of carboxylic acid groups (broad SMARTS) is 1. The Morgan fingerprint density at radius 1 is 1.45 bits per heavy atom. The average molecular weight is 277 g/mol. The molecule has 1 fully saturated rings. The lowest BCUT2D eigenvalue weighted by Gasteiger charge is -2.32. The smallest absolute Gasteiger partial charge is 0.321 e. The molecule has 20 heavy (non-hydrogen) atoms.